The Kier molecular flexibility index (Phi) is 5.92. The van der Waals surface area contributed by atoms with Gasteiger partial charge in [-0.15, -0.1) is 0 Å². The van der Waals surface area contributed by atoms with E-state index in [2.05, 4.69) is 5.32 Å². The molecule has 0 aliphatic heterocycles. The van der Waals surface area contributed by atoms with E-state index in [1.165, 1.54) is 4.68 Å². The zero-order valence-corrected chi connectivity index (χ0v) is 17.5. The normalized spacial score (nSPS) is 11.9. The van der Waals surface area contributed by atoms with E-state index in [0.717, 1.165) is 16.8 Å². The Labute approximate surface area is 170 Å². The molecule has 3 aromatic rings. The molecule has 0 aliphatic carbocycles. The number of carbonyl (C=O) groups is 1. The van der Waals surface area contributed by atoms with Gasteiger partial charge in [-0.05, 0) is 62.6 Å². The molecule has 152 valence electrons. The van der Waals surface area contributed by atoms with Gasteiger partial charge in [0.2, 0.25) is 0 Å². The first-order valence-electron chi connectivity index (χ1n) is 9.71. The molecule has 3 rings (SSSR count). The van der Waals surface area contributed by atoms with Crippen molar-refractivity contribution in [3.05, 3.63) is 75.7 Å². The summed E-state index contributed by atoms with van der Waals surface area (Å²) >= 11 is 0. The van der Waals surface area contributed by atoms with Gasteiger partial charge in [0.25, 0.3) is 11.5 Å². The molecule has 2 aromatic carbocycles. The Morgan fingerprint density at radius 3 is 2.28 bits per heavy atom. The van der Waals surface area contributed by atoms with Crippen LogP contribution in [0.3, 0.4) is 0 Å². The molecule has 0 unspecified atom stereocenters. The number of amides is 1. The van der Waals surface area contributed by atoms with Gasteiger partial charge in [0.05, 0.1) is 11.4 Å². The van der Waals surface area contributed by atoms with Crippen LogP contribution < -0.4 is 15.6 Å². The van der Waals surface area contributed by atoms with Crippen LogP contribution in [0.5, 0.6) is 5.75 Å². The fraction of sp³-hybridized carbons (Fsp3) is 0.304. The maximum absolute atomic E-state index is 13.0. The molecular weight excluding hydrogens is 366 g/mol. The van der Waals surface area contributed by atoms with Crippen molar-refractivity contribution in [1.29, 1.82) is 0 Å². The number of para-hydroxylation sites is 1. The molecule has 1 heterocycles. The molecule has 6 nitrogen and oxygen atoms in total. The number of aryl methyl sites for hydroxylation is 2. The maximum atomic E-state index is 13.0. The van der Waals surface area contributed by atoms with Gasteiger partial charge in [0, 0.05) is 7.05 Å². The minimum atomic E-state index is -0.694. The first-order valence-corrected chi connectivity index (χ1v) is 9.71. The summed E-state index contributed by atoms with van der Waals surface area (Å²) in [5.41, 5.74) is 3.55. The number of carbonyl (C=O) groups excluding carboxylic acids is 1. The smallest absolute Gasteiger partial charge is 0.295 e. The lowest BCUT2D eigenvalue weighted by molar-refractivity contribution is -0.122. The van der Waals surface area contributed by atoms with Gasteiger partial charge in [0.15, 0.2) is 6.10 Å². The second-order valence-corrected chi connectivity index (χ2v) is 7.26. The largest absolute Gasteiger partial charge is 0.481 e. The number of nitrogens with zero attached hydrogens (tertiary/aromatic N) is 2. The molecule has 1 N–H and O–H groups in total. The predicted octanol–water partition coefficient (Wildman–Crippen LogP) is 3.90. The molecule has 1 atom stereocenters. The number of anilines is 1. The lowest BCUT2D eigenvalue weighted by Gasteiger charge is -2.17. The van der Waals surface area contributed by atoms with Crippen molar-refractivity contribution in [2.75, 3.05) is 5.32 Å². The van der Waals surface area contributed by atoms with Crippen molar-refractivity contribution < 1.29 is 9.53 Å². The Morgan fingerprint density at radius 2 is 1.69 bits per heavy atom. The third kappa shape index (κ3) is 4.26. The lowest BCUT2D eigenvalue weighted by atomic mass is 10.1. The first-order chi connectivity index (χ1) is 13.8. The highest BCUT2D eigenvalue weighted by atomic mass is 16.5. The summed E-state index contributed by atoms with van der Waals surface area (Å²) in [4.78, 5) is 25.9. The van der Waals surface area contributed by atoms with Crippen molar-refractivity contribution >= 4 is 11.6 Å². The van der Waals surface area contributed by atoms with Gasteiger partial charge < -0.3 is 10.1 Å². The van der Waals surface area contributed by atoms with E-state index in [9.17, 15) is 9.59 Å². The SMILES string of the molecule is CC[C@@H](Oc1cc(C)cc(C)c1)C(=O)Nc1c(C)n(C)n(-c2ccccc2)c1=O. The first kappa shape index (κ1) is 20.5. The lowest BCUT2D eigenvalue weighted by Crippen LogP contribution is -2.34. The summed E-state index contributed by atoms with van der Waals surface area (Å²) in [5.74, 6) is 0.314. The predicted molar refractivity (Wildman–Crippen MR) is 115 cm³/mol. The van der Waals surface area contributed by atoms with Gasteiger partial charge in [0.1, 0.15) is 11.4 Å². The zero-order chi connectivity index (χ0) is 21.1. The quantitative estimate of drug-likeness (QED) is 0.691. The van der Waals surface area contributed by atoms with Crippen molar-refractivity contribution in [3.8, 4) is 11.4 Å². The van der Waals surface area contributed by atoms with Crippen LogP contribution in [-0.4, -0.2) is 21.4 Å². The van der Waals surface area contributed by atoms with Gasteiger partial charge in [-0.1, -0.05) is 31.2 Å². The maximum Gasteiger partial charge on any atom is 0.295 e. The molecule has 0 bridgehead atoms. The summed E-state index contributed by atoms with van der Waals surface area (Å²) in [6, 6.07) is 15.2. The van der Waals surface area contributed by atoms with Crippen molar-refractivity contribution in [1.82, 2.24) is 9.36 Å². The number of rotatable bonds is 6. The number of nitrogens with one attached hydrogen (secondary N) is 1. The minimum absolute atomic E-state index is 0.267. The topological polar surface area (TPSA) is 65.3 Å². The van der Waals surface area contributed by atoms with Gasteiger partial charge in [-0.25, -0.2) is 4.68 Å². The highest BCUT2D eigenvalue weighted by molar-refractivity contribution is 5.94. The number of benzene rings is 2. The molecular formula is C23H27N3O3. The fourth-order valence-corrected chi connectivity index (χ4v) is 3.40. The van der Waals surface area contributed by atoms with E-state index in [4.69, 9.17) is 4.74 Å². The van der Waals surface area contributed by atoms with Gasteiger partial charge >= 0.3 is 0 Å². The van der Waals surface area contributed by atoms with Crippen molar-refractivity contribution in [3.63, 3.8) is 0 Å². The fourth-order valence-electron chi connectivity index (χ4n) is 3.40. The van der Waals surface area contributed by atoms with Crippen LogP contribution in [0.15, 0.2) is 53.3 Å². The van der Waals surface area contributed by atoms with Crippen molar-refractivity contribution in [2.24, 2.45) is 7.05 Å². The molecule has 1 aromatic heterocycles. The molecule has 6 heteroatoms. The second-order valence-electron chi connectivity index (χ2n) is 7.26. The molecule has 0 spiro atoms. The van der Waals surface area contributed by atoms with E-state index >= 15 is 0 Å². The highest BCUT2D eigenvalue weighted by Crippen LogP contribution is 2.20. The monoisotopic (exact) mass is 393 g/mol. The van der Waals surface area contributed by atoms with Crippen LogP contribution in [0.4, 0.5) is 5.69 Å². The average Bonchev–Trinajstić information content (AvgIpc) is 2.89. The highest BCUT2D eigenvalue weighted by Gasteiger charge is 2.23. The molecule has 0 radical (unpaired) electrons. The number of aromatic nitrogens is 2. The number of hydrogen-bond donors (Lipinski definition) is 1. The summed E-state index contributed by atoms with van der Waals surface area (Å²) in [7, 11) is 1.79. The van der Waals surface area contributed by atoms with E-state index in [-0.39, 0.29) is 17.2 Å². The van der Waals surface area contributed by atoms with E-state index in [0.29, 0.717) is 17.9 Å². The molecule has 0 saturated heterocycles. The number of ether oxygens (including phenoxy) is 1. The molecule has 0 fully saturated rings. The van der Waals surface area contributed by atoms with Gasteiger partial charge in [-0.3, -0.25) is 14.3 Å². The second kappa shape index (κ2) is 8.39. The van der Waals surface area contributed by atoms with E-state index < -0.39 is 6.10 Å². The summed E-state index contributed by atoms with van der Waals surface area (Å²) in [5, 5.41) is 2.79. The third-order valence-electron chi connectivity index (χ3n) is 4.94. The van der Waals surface area contributed by atoms with E-state index in [1.54, 1.807) is 11.7 Å². The summed E-state index contributed by atoms with van der Waals surface area (Å²) in [6.45, 7) is 7.66. The summed E-state index contributed by atoms with van der Waals surface area (Å²) < 4.78 is 9.21. The minimum Gasteiger partial charge on any atom is -0.481 e. The Hall–Kier alpha value is -3.28. The Morgan fingerprint density at radius 1 is 1.07 bits per heavy atom. The molecule has 0 saturated carbocycles. The Balaban J connectivity index is 1.87. The van der Waals surface area contributed by atoms with Crippen LogP contribution >= 0.6 is 0 Å². The average molecular weight is 393 g/mol. The standard InChI is InChI=1S/C23H27N3O3/c1-6-20(29-19-13-15(2)12-16(3)14-19)22(27)24-21-17(4)25(5)26(23(21)28)18-10-8-7-9-11-18/h7-14,20H,6H2,1-5H3,(H,24,27)/t20-/m1/s1. The zero-order valence-electron chi connectivity index (χ0n) is 17.5. The van der Waals surface area contributed by atoms with Crippen LogP contribution in [0, 0.1) is 20.8 Å². The van der Waals surface area contributed by atoms with Crippen molar-refractivity contribution in [2.45, 2.75) is 40.2 Å². The van der Waals surface area contributed by atoms with Gasteiger partial charge in [-0.2, -0.15) is 0 Å². The molecule has 1 amide bonds. The third-order valence-corrected chi connectivity index (χ3v) is 4.94. The molecule has 0 aliphatic rings. The van der Waals surface area contributed by atoms with Crippen LogP contribution in [-0.2, 0) is 11.8 Å². The van der Waals surface area contributed by atoms with Crippen LogP contribution in [0.1, 0.15) is 30.2 Å². The van der Waals surface area contributed by atoms with Crippen LogP contribution in [0.2, 0.25) is 0 Å². The molecule has 29 heavy (non-hydrogen) atoms. The van der Waals surface area contributed by atoms with E-state index in [1.807, 2.05) is 76.2 Å². The summed E-state index contributed by atoms with van der Waals surface area (Å²) in [6.07, 6.45) is -0.210. The Bertz CT molecular complexity index is 1060. The number of hydrogen-bond acceptors (Lipinski definition) is 3. The van der Waals surface area contributed by atoms with Crippen LogP contribution in [0.25, 0.3) is 5.69 Å².